The molecule has 1 aromatic heterocycles. The number of imidazole rings is 1. The molecule has 0 aliphatic carbocycles. The predicted molar refractivity (Wildman–Crippen MR) is 108 cm³/mol. The number of hydrogen-bond donors (Lipinski definition) is 1. The van der Waals surface area contributed by atoms with Crippen molar-refractivity contribution in [3.63, 3.8) is 0 Å². The van der Waals surface area contributed by atoms with E-state index < -0.39 is 0 Å². The molecule has 0 unspecified atom stereocenters. The van der Waals surface area contributed by atoms with Crippen LogP contribution in [0, 0.1) is 13.8 Å². The summed E-state index contributed by atoms with van der Waals surface area (Å²) in [5, 5.41) is 2.93. The largest absolute Gasteiger partial charge is 0.493 e. The first-order chi connectivity index (χ1) is 13.1. The number of para-hydroxylation sites is 3. The van der Waals surface area contributed by atoms with Gasteiger partial charge in [-0.25, -0.2) is 4.98 Å². The highest BCUT2D eigenvalue weighted by atomic mass is 16.5. The average molecular weight is 365 g/mol. The van der Waals surface area contributed by atoms with E-state index in [-0.39, 0.29) is 5.91 Å². The molecule has 0 aliphatic rings. The minimum Gasteiger partial charge on any atom is -0.493 e. The van der Waals surface area contributed by atoms with E-state index in [9.17, 15) is 4.79 Å². The van der Waals surface area contributed by atoms with Crippen LogP contribution in [0.15, 0.2) is 42.5 Å². The van der Waals surface area contributed by atoms with Gasteiger partial charge in [0.25, 0.3) is 0 Å². The van der Waals surface area contributed by atoms with Gasteiger partial charge in [0.05, 0.1) is 24.2 Å². The first-order valence-electron chi connectivity index (χ1n) is 9.50. The fraction of sp³-hybridized carbons (Fsp3) is 0.364. The Morgan fingerprint density at radius 2 is 1.85 bits per heavy atom. The number of aromatic nitrogens is 2. The molecule has 0 radical (unpaired) electrons. The van der Waals surface area contributed by atoms with Gasteiger partial charge >= 0.3 is 0 Å². The number of amides is 1. The topological polar surface area (TPSA) is 56.2 Å². The maximum Gasteiger partial charge on any atom is 0.220 e. The van der Waals surface area contributed by atoms with Crippen LogP contribution in [-0.2, 0) is 17.9 Å². The van der Waals surface area contributed by atoms with Crippen LogP contribution < -0.4 is 10.1 Å². The Balaban J connectivity index is 1.69. The lowest BCUT2D eigenvalue weighted by atomic mass is 10.1. The number of aryl methyl sites for hydroxylation is 3. The van der Waals surface area contributed by atoms with E-state index in [2.05, 4.69) is 41.9 Å². The first kappa shape index (κ1) is 19.0. The monoisotopic (exact) mass is 365 g/mol. The zero-order valence-electron chi connectivity index (χ0n) is 16.3. The number of benzene rings is 2. The molecule has 5 heteroatoms. The van der Waals surface area contributed by atoms with Gasteiger partial charge in [0.15, 0.2) is 0 Å². The number of hydrogen-bond acceptors (Lipinski definition) is 3. The summed E-state index contributed by atoms with van der Waals surface area (Å²) in [5.74, 6) is 1.89. The lowest BCUT2D eigenvalue weighted by molar-refractivity contribution is -0.120. The average Bonchev–Trinajstić information content (AvgIpc) is 3.02. The van der Waals surface area contributed by atoms with Gasteiger partial charge in [-0.15, -0.1) is 0 Å². The minimum atomic E-state index is 0.0342. The van der Waals surface area contributed by atoms with Gasteiger partial charge in [-0.2, -0.15) is 0 Å². The molecule has 5 nitrogen and oxygen atoms in total. The summed E-state index contributed by atoms with van der Waals surface area (Å²) in [4.78, 5) is 16.3. The second-order valence-electron chi connectivity index (χ2n) is 6.72. The second kappa shape index (κ2) is 8.71. The summed E-state index contributed by atoms with van der Waals surface area (Å²) in [6.07, 6.45) is 1.34. The van der Waals surface area contributed by atoms with Gasteiger partial charge < -0.3 is 14.6 Å². The maximum absolute atomic E-state index is 11.6. The maximum atomic E-state index is 11.6. The van der Waals surface area contributed by atoms with Gasteiger partial charge in [-0.05, 0) is 43.5 Å². The van der Waals surface area contributed by atoms with Crippen LogP contribution in [0.3, 0.4) is 0 Å². The molecule has 142 valence electrons. The molecule has 3 rings (SSSR count). The Bertz CT molecular complexity index is 910. The molecule has 2 aromatic carbocycles. The molecule has 0 atom stereocenters. The summed E-state index contributed by atoms with van der Waals surface area (Å²) < 4.78 is 8.21. The molecule has 0 aliphatic heterocycles. The number of ether oxygens (including phenoxy) is 1. The Labute approximate surface area is 160 Å². The van der Waals surface area contributed by atoms with Crippen molar-refractivity contribution in [1.29, 1.82) is 0 Å². The Morgan fingerprint density at radius 3 is 2.59 bits per heavy atom. The molecule has 3 aromatic rings. The predicted octanol–water partition coefficient (Wildman–Crippen LogP) is 4.15. The van der Waals surface area contributed by atoms with Crippen molar-refractivity contribution in [3.8, 4) is 5.75 Å². The third kappa shape index (κ3) is 4.48. The highest BCUT2D eigenvalue weighted by Crippen LogP contribution is 2.23. The van der Waals surface area contributed by atoms with Gasteiger partial charge in [-0.1, -0.05) is 37.3 Å². The second-order valence-corrected chi connectivity index (χ2v) is 6.72. The van der Waals surface area contributed by atoms with Crippen LogP contribution in [0.2, 0.25) is 0 Å². The van der Waals surface area contributed by atoms with E-state index in [0.29, 0.717) is 19.6 Å². The molecular formula is C22H27N3O2. The number of rotatable bonds is 8. The van der Waals surface area contributed by atoms with E-state index in [1.165, 1.54) is 0 Å². The lowest BCUT2D eigenvalue weighted by Gasteiger charge is -2.13. The van der Waals surface area contributed by atoms with Crippen LogP contribution in [0.25, 0.3) is 11.0 Å². The van der Waals surface area contributed by atoms with E-state index in [4.69, 9.17) is 9.72 Å². The van der Waals surface area contributed by atoms with Crippen LogP contribution in [0.4, 0.5) is 0 Å². The van der Waals surface area contributed by atoms with Gasteiger partial charge in [-0.3, -0.25) is 4.79 Å². The summed E-state index contributed by atoms with van der Waals surface area (Å²) in [6, 6.07) is 14.3. The van der Waals surface area contributed by atoms with Crippen LogP contribution in [0.1, 0.15) is 36.7 Å². The lowest BCUT2D eigenvalue weighted by Crippen LogP contribution is -2.24. The first-order valence-corrected chi connectivity index (χ1v) is 9.50. The number of carbonyl (C=O) groups is 1. The van der Waals surface area contributed by atoms with E-state index in [1.807, 2.05) is 31.2 Å². The summed E-state index contributed by atoms with van der Waals surface area (Å²) in [6.45, 7) is 7.87. The number of nitrogens with zero attached hydrogens (tertiary/aromatic N) is 2. The van der Waals surface area contributed by atoms with Crippen molar-refractivity contribution in [3.05, 3.63) is 59.4 Å². The number of nitrogens with one attached hydrogen (secondary N) is 1. The molecule has 0 spiro atoms. The molecule has 1 heterocycles. The standard InChI is InChI=1S/C22H27N3O2/c1-4-21(26)23-15-20-24-18-11-5-6-12-19(18)25(20)13-8-14-27-22-16(2)9-7-10-17(22)3/h5-7,9-12H,4,8,13-15H2,1-3H3,(H,23,26). The van der Waals surface area contributed by atoms with Gasteiger partial charge in [0, 0.05) is 13.0 Å². The van der Waals surface area contributed by atoms with E-state index in [0.717, 1.165) is 46.7 Å². The summed E-state index contributed by atoms with van der Waals surface area (Å²) >= 11 is 0. The van der Waals surface area contributed by atoms with Crippen molar-refractivity contribution >= 4 is 16.9 Å². The van der Waals surface area contributed by atoms with Crippen LogP contribution in [-0.4, -0.2) is 22.1 Å². The van der Waals surface area contributed by atoms with Crippen molar-refractivity contribution in [2.24, 2.45) is 0 Å². The SMILES string of the molecule is CCC(=O)NCc1nc2ccccc2n1CCCOc1c(C)cccc1C. The van der Waals surface area contributed by atoms with Crippen molar-refractivity contribution in [1.82, 2.24) is 14.9 Å². The summed E-state index contributed by atoms with van der Waals surface area (Å²) in [7, 11) is 0. The smallest absolute Gasteiger partial charge is 0.220 e. The molecule has 0 bridgehead atoms. The molecule has 0 saturated heterocycles. The van der Waals surface area contributed by atoms with Gasteiger partial charge in [0.1, 0.15) is 11.6 Å². The van der Waals surface area contributed by atoms with Crippen molar-refractivity contribution in [2.75, 3.05) is 6.61 Å². The minimum absolute atomic E-state index is 0.0342. The highest BCUT2D eigenvalue weighted by Gasteiger charge is 2.11. The molecule has 27 heavy (non-hydrogen) atoms. The van der Waals surface area contributed by atoms with Crippen LogP contribution >= 0.6 is 0 Å². The summed E-state index contributed by atoms with van der Waals surface area (Å²) in [5.41, 5.74) is 4.36. The number of carbonyl (C=O) groups excluding carboxylic acids is 1. The zero-order chi connectivity index (χ0) is 19.2. The highest BCUT2D eigenvalue weighted by molar-refractivity contribution is 5.77. The zero-order valence-corrected chi connectivity index (χ0v) is 16.3. The van der Waals surface area contributed by atoms with Crippen LogP contribution in [0.5, 0.6) is 5.75 Å². The fourth-order valence-electron chi connectivity index (χ4n) is 3.24. The Kier molecular flexibility index (Phi) is 6.12. The normalized spacial score (nSPS) is 10.9. The molecular weight excluding hydrogens is 338 g/mol. The molecule has 0 saturated carbocycles. The van der Waals surface area contributed by atoms with Crippen molar-refractivity contribution < 1.29 is 9.53 Å². The number of fused-ring (bicyclic) bond motifs is 1. The van der Waals surface area contributed by atoms with E-state index in [1.54, 1.807) is 0 Å². The molecule has 0 fully saturated rings. The van der Waals surface area contributed by atoms with Gasteiger partial charge in [0.2, 0.25) is 5.91 Å². The molecule has 1 amide bonds. The molecule has 1 N–H and O–H groups in total. The Morgan fingerprint density at radius 1 is 1.11 bits per heavy atom. The fourth-order valence-corrected chi connectivity index (χ4v) is 3.24. The third-order valence-corrected chi connectivity index (χ3v) is 4.68. The van der Waals surface area contributed by atoms with Crippen molar-refractivity contribution in [2.45, 2.75) is 46.7 Å². The third-order valence-electron chi connectivity index (χ3n) is 4.68. The van der Waals surface area contributed by atoms with E-state index >= 15 is 0 Å². The quantitative estimate of drug-likeness (QED) is 0.610. The Hall–Kier alpha value is -2.82.